The van der Waals surface area contributed by atoms with Crippen molar-refractivity contribution >= 4 is 15.8 Å². The van der Waals surface area contributed by atoms with E-state index in [1.807, 2.05) is 6.92 Å². The lowest BCUT2D eigenvalue weighted by atomic mass is 10.1. The lowest BCUT2D eigenvalue weighted by molar-refractivity contribution is 0.0988. The van der Waals surface area contributed by atoms with E-state index in [0.717, 1.165) is 19.3 Å². The number of sulfonamides is 1. The maximum absolute atomic E-state index is 12.7. The number of Topliss-reactive ketones (excluding diaryl/α,β-unsaturated/α-hetero) is 1. The fourth-order valence-corrected chi connectivity index (χ4v) is 4.34. The molecule has 20 heavy (non-hydrogen) atoms. The number of nitrogens with zero attached hydrogens (tertiary/aromatic N) is 1. The van der Waals surface area contributed by atoms with Crippen molar-refractivity contribution in [2.24, 2.45) is 0 Å². The zero-order valence-electron chi connectivity index (χ0n) is 12.0. The average Bonchev–Trinajstić information content (AvgIpc) is 2.47. The molecule has 2 rings (SSSR count). The smallest absolute Gasteiger partial charge is 0.243 e. The van der Waals surface area contributed by atoms with Gasteiger partial charge in [-0.3, -0.25) is 4.79 Å². The lowest BCUT2D eigenvalue weighted by Gasteiger charge is -2.32. The van der Waals surface area contributed by atoms with Crippen LogP contribution >= 0.6 is 0 Å². The molecule has 4 nitrogen and oxygen atoms in total. The quantitative estimate of drug-likeness (QED) is 0.803. The zero-order valence-corrected chi connectivity index (χ0v) is 12.8. The first-order valence-electron chi connectivity index (χ1n) is 7.12. The second-order valence-corrected chi connectivity index (χ2v) is 7.16. The highest BCUT2D eigenvalue weighted by molar-refractivity contribution is 7.89. The Morgan fingerprint density at radius 3 is 2.75 bits per heavy atom. The van der Waals surface area contributed by atoms with Crippen LogP contribution in [-0.4, -0.2) is 31.1 Å². The summed E-state index contributed by atoms with van der Waals surface area (Å²) in [5, 5.41) is 0. The van der Waals surface area contributed by atoms with Crippen molar-refractivity contribution in [3.63, 3.8) is 0 Å². The largest absolute Gasteiger partial charge is 0.294 e. The minimum Gasteiger partial charge on any atom is -0.294 e. The summed E-state index contributed by atoms with van der Waals surface area (Å²) in [5.74, 6) is -0.0336. The SMILES string of the molecule is CCC(=O)c1cccc(S(=O)(=O)N2CCCCC2C)c1. The normalized spacial score (nSPS) is 20.8. The van der Waals surface area contributed by atoms with E-state index < -0.39 is 10.0 Å². The van der Waals surface area contributed by atoms with Crippen molar-refractivity contribution in [1.29, 1.82) is 0 Å². The van der Waals surface area contributed by atoms with E-state index >= 15 is 0 Å². The van der Waals surface area contributed by atoms with Crippen LogP contribution in [0.1, 0.15) is 49.9 Å². The van der Waals surface area contributed by atoms with Crippen molar-refractivity contribution in [3.05, 3.63) is 29.8 Å². The summed E-state index contributed by atoms with van der Waals surface area (Å²) < 4.78 is 26.9. The maximum Gasteiger partial charge on any atom is 0.243 e. The molecule has 1 aliphatic heterocycles. The van der Waals surface area contributed by atoms with E-state index in [4.69, 9.17) is 0 Å². The third kappa shape index (κ3) is 2.94. The van der Waals surface area contributed by atoms with Gasteiger partial charge in [0, 0.05) is 24.6 Å². The number of hydrogen-bond acceptors (Lipinski definition) is 3. The van der Waals surface area contributed by atoms with Crippen LogP contribution in [-0.2, 0) is 10.0 Å². The van der Waals surface area contributed by atoms with Crippen molar-refractivity contribution in [3.8, 4) is 0 Å². The van der Waals surface area contributed by atoms with Crippen LogP contribution in [0, 0.1) is 0 Å². The number of hydrogen-bond donors (Lipinski definition) is 0. The molecule has 0 aliphatic carbocycles. The summed E-state index contributed by atoms with van der Waals surface area (Å²) >= 11 is 0. The fraction of sp³-hybridized carbons (Fsp3) is 0.533. The van der Waals surface area contributed by atoms with Crippen LogP contribution in [0.2, 0.25) is 0 Å². The molecule has 1 aliphatic rings. The van der Waals surface area contributed by atoms with E-state index in [2.05, 4.69) is 0 Å². The Morgan fingerprint density at radius 1 is 1.35 bits per heavy atom. The molecule has 1 saturated heterocycles. The molecule has 0 N–H and O–H groups in total. The Labute approximate surface area is 120 Å². The number of rotatable bonds is 4. The minimum atomic E-state index is -3.49. The Morgan fingerprint density at radius 2 is 2.10 bits per heavy atom. The Balaban J connectivity index is 2.36. The van der Waals surface area contributed by atoms with Gasteiger partial charge >= 0.3 is 0 Å². The molecule has 1 aromatic carbocycles. The van der Waals surface area contributed by atoms with Gasteiger partial charge in [-0.15, -0.1) is 0 Å². The second-order valence-electron chi connectivity index (χ2n) is 5.27. The summed E-state index contributed by atoms with van der Waals surface area (Å²) in [7, 11) is -3.49. The minimum absolute atomic E-state index is 0.0271. The molecule has 1 unspecified atom stereocenters. The van der Waals surface area contributed by atoms with Gasteiger partial charge < -0.3 is 0 Å². The maximum atomic E-state index is 12.7. The number of carbonyl (C=O) groups is 1. The lowest BCUT2D eigenvalue weighted by Crippen LogP contribution is -2.41. The van der Waals surface area contributed by atoms with Gasteiger partial charge in [-0.05, 0) is 31.9 Å². The fourth-order valence-electron chi connectivity index (χ4n) is 2.60. The number of benzene rings is 1. The Hall–Kier alpha value is -1.20. The van der Waals surface area contributed by atoms with Gasteiger partial charge in [-0.2, -0.15) is 4.31 Å². The van der Waals surface area contributed by atoms with Crippen molar-refractivity contribution in [2.45, 2.75) is 50.5 Å². The van der Waals surface area contributed by atoms with Crippen LogP contribution in [0.15, 0.2) is 29.2 Å². The zero-order chi connectivity index (χ0) is 14.8. The van der Waals surface area contributed by atoms with Crippen LogP contribution in [0.25, 0.3) is 0 Å². The van der Waals surface area contributed by atoms with E-state index in [9.17, 15) is 13.2 Å². The summed E-state index contributed by atoms with van der Waals surface area (Å²) in [6, 6.07) is 6.42. The molecule has 1 fully saturated rings. The van der Waals surface area contributed by atoms with Gasteiger partial charge in [-0.25, -0.2) is 8.42 Å². The van der Waals surface area contributed by atoms with Crippen LogP contribution < -0.4 is 0 Å². The van der Waals surface area contributed by atoms with Crippen LogP contribution in [0.5, 0.6) is 0 Å². The molecule has 0 amide bonds. The highest BCUT2D eigenvalue weighted by atomic mass is 32.2. The summed E-state index contributed by atoms with van der Waals surface area (Å²) in [4.78, 5) is 12.0. The molecule has 0 saturated carbocycles. The molecule has 0 radical (unpaired) electrons. The van der Waals surface area contributed by atoms with Gasteiger partial charge in [-0.1, -0.05) is 25.5 Å². The van der Waals surface area contributed by atoms with Gasteiger partial charge in [0.1, 0.15) is 0 Å². The molecule has 0 aromatic heterocycles. The van der Waals surface area contributed by atoms with E-state index in [1.54, 1.807) is 29.4 Å². The summed E-state index contributed by atoms with van der Waals surface area (Å²) in [5.41, 5.74) is 0.471. The molecular weight excluding hydrogens is 274 g/mol. The van der Waals surface area contributed by atoms with Crippen molar-refractivity contribution in [2.75, 3.05) is 6.54 Å². The summed E-state index contributed by atoms with van der Waals surface area (Å²) in [6.45, 7) is 4.28. The molecule has 1 heterocycles. The number of ketones is 1. The molecule has 0 bridgehead atoms. The first-order valence-corrected chi connectivity index (χ1v) is 8.56. The number of piperidine rings is 1. The van der Waals surface area contributed by atoms with Gasteiger partial charge in [0.05, 0.1) is 4.90 Å². The standard InChI is InChI=1S/C15H21NO3S/c1-3-15(17)13-8-6-9-14(11-13)20(18,19)16-10-5-4-7-12(16)2/h6,8-9,11-12H,3-5,7,10H2,1-2H3. The molecule has 110 valence electrons. The van der Waals surface area contributed by atoms with E-state index in [-0.39, 0.29) is 16.7 Å². The first kappa shape index (κ1) is 15.2. The highest BCUT2D eigenvalue weighted by Gasteiger charge is 2.31. The van der Waals surface area contributed by atoms with Crippen molar-refractivity contribution < 1.29 is 13.2 Å². The van der Waals surface area contributed by atoms with Crippen LogP contribution in [0.4, 0.5) is 0 Å². The Bertz CT molecular complexity index is 595. The molecule has 1 atom stereocenters. The predicted molar refractivity (Wildman–Crippen MR) is 78.3 cm³/mol. The molecule has 0 spiro atoms. The monoisotopic (exact) mass is 295 g/mol. The second kappa shape index (κ2) is 6.06. The van der Waals surface area contributed by atoms with Gasteiger partial charge in [0.25, 0.3) is 0 Å². The van der Waals surface area contributed by atoms with Gasteiger partial charge in [0.2, 0.25) is 10.0 Å². The molecule has 5 heteroatoms. The predicted octanol–water partition coefficient (Wildman–Crippen LogP) is 2.84. The first-order chi connectivity index (χ1) is 9.46. The molecular formula is C15H21NO3S. The Kier molecular flexibility index (Phi) is 4.60. The third-order valence-corrected chi connectivity index (χ3v) is 5.84. The summed E-state index contributed by atoms with van der Waals surface area (Å²) in [6.07, 6.45) is 3.25. The topological polar surface area (TPSA) is 54.5 Å². The van der Waals surface area contributed by atoms with E-state index in [1.165, 1.54) is 6.07 Å². The molecule has 1 aromatic rings. The van der Waals surface area contributed by atoms with Crippen molar-refractivity contribution in [1.82, 2.24) is 4.31 Å². The van der Waals surface area contributed by atoms with Gasteiger partial charge in [0.15, 0.2) is 5.78 Å². The number of carbonyl (C=O) groups excluding carboxylic acids is 1. The van der Waals surface area contributed by atoms with E-state index in [0.29, 0.717) is 18.5 Å². The third-order valence-electron chi connectivity index (χ3n) is 3.83. The van der Waals surface area contributed by atoms with Crippen LogP contribution in [0.3, 0.4) is 0 Å². The average molecular weight is 295 g/mol. The highest BCUT2D eigenvalue weighted by Crippen LogP contribution is 2.25.